The molecule has 0 atom stereocenters. The number of nitrogens with zero attached hydrogens (tertiary/aromatic N) is 1. The molecule has 3 N–H and O–H groups in total. The molecule has 0 saturated carbocycles. The molecular formula is C54H45N3. The average molecular weight is 736 g/mol. The van der Waals surface area contributed by atoms with E-state index < -0.39 is 0 Å². The van der Waals surface area contributed by atoms with Gasteiger partial charge in [-0.3, -0.25) is 0 Å². The van der Waals surface area contributed by atoms with Crippen molar-refractivity contribution < 1.29 is 0 Å². The summed E-state index contributed by atoms with van der Waals surface area (Å²) in [5.41, 5.74) is 27.6. The Balaban J connectivity index is 1.04. The van der Waals surface area contributed by atoms with Gasteiger partial charge < -0.3 is 16.0 Å². The van der Waals surface area contributed by atoms with Crippen molar-refractivity contribution in [3.05, 3.63) is 204 Å². The molecule has 0 unspecified atom stereocenters. The third-order valence-corrected chi connectivity index (χ3v) is 12.4. The highest BCUT2D eigenvalue weighted by Gasteiger charge is 2.36. The molecule has 0 aliphatic heterocycles. The third kappa shape index (κ3) is 5.73. The first-order chi connectivity index (χ1) is 27.7. The molecule has 0 spiro atoms. The number of hydrogen-bond donors (Lipinski definition) is 2. The van der Waals surface area contributed by atoms with Crippen LogP contribution in [-0.4, -0.2) is 0 Å². The Morgan fingerprint density at radius 2 is 0.947 bits per heavy atom. The predicted molar refractivity (Wildman–Crippen MR) is 241 cm³/mol. The smallest absolute Gasteiger partial charge is 0.0467 e. The predicted octanol–water partition coefficient (Wildman–Crippen LogP) is 14.4. The Morgan fingerprint density at radius 3 is 1.65 bits per heavy atom. The quantitative estimate of drug-likeness (QED) is 0.160. The zero-order valence-corrected chi connectivity index (χ0v) is 32.8. The number of rotatable bonds is 7. The van der Waals surface area contributed by atoms with Crippen molar-refractivity contribution in [3.63, 3.8) is 0 Å². The third-order valence-electron chi connectivity index (χ3n) is 12.4. The number of anilines is 6. The highest BCUT2D eigenvalue weighted by molar-refractivity contribution is 5.89. The largest absolute Gasteiger partial charge is 0.399 e. The SMILES string of the molecule is CC1(C)c2ccccc2-c2ccc(Nc3ccc(N)cc3-c3ccc(N(c4cccc(-c5ccccc5)c4)c4ccc5c(c4)C(C)(C)c4ccccc4-5)cc3)cc21. The lowest BCUT2D eigenvalue weighted by Crippen LogP contribution is -2.16. The van der Waals surface area contributed by atoms with Crippen molar-refractivity contribution in [1.29, 1.82) is 0 Å². The first-order valence-electron chi connectivity index (χ1n) is 19.9. The van der Waals surface area contributed by atoms with Gasteiger partial charge in [-0.25, -0.2) is 0 Å². The molecule has 3 nitrogen and oxygen atoms in total. The highest BCUT2D eigenvalue weighted by atomic mass is 15.1. The van der Waals surface area contributed by atoms with Crippen molar-refractivity contribution in [2.45, 2.75) is 38.5 Å². The minimum absolute atomic E-state index is 0.0750. The van der Waals surface area contributed by atoms with Gasteiger partial charge in [0.15, 0.2) is 0 Å². The van der Waals surface area contributed by atoms with Crippen molar-refractivity contribution >= 4 is 34.1 Å². The molecule has 3 heteroatoms. The van der Waals surface area contributed by atoms with E-state index in [0.717, 1.165) is 45.3 Å². The molecule has 10 rings (SSSR count). The van der Waals surface area contributed by atoms with Gasteiger partial charge in [0.25, 0.3) is 0 Å². The zero-order valence-electron chi connectivity index (χ0n) is 32.8. The summed E-state index contributed by atoms with van der Waals surface area (Å²) < 4.78 is 0. The van der Waals surface area contributed by atoms with Gasteiger partial charge in [-0.2, -0.15) is 0 Å². The van der Waals surface area contributed by atoms with E-state index in [-0.39, 0.29) is 10.8 Å². The van der Waals surface area contributed by atoms with Crippen LogP contribution in [0.25, 0.3) is 44.5 Å². The second-order valence-corrected chi connectivity index (χ2v) is 16.6. The second kappa shape index (κ2) is 13.1. The van der Waals surface area contributed by atoms with Crippen LogP contribution in [0.15, 0.2) is 182 Å². The van der Waals surface area contributed by atoms with Crippen molar-refractivity contribution in [2.75, 3.05) is 16.0 Å². The van der Waals surface area contributed by atoms with Crippen molar-refractivity contribution in [1.82, 2.24) is 0 Å². The molecule has 0 fully saturated rings. The van der Waals surface area contributed by atoms with Gasteiger partial charge in [0.2, 0.25) is 0 Å². The van der Waals surface area contributed by atoms with Gasteiger partial charge >= 0.3 is 0 Å². The van der Waals surface area contributed by atoms with E-state index in [1.165, 1.54) is 55.6 Å². The molecule has 0 heterocycles. The Kier molecular flexibility index (Phi) is 7.98. The van der Waals surface area contributed by atoms with Gasteiger partial charge in [-0.15, -0.1) is 0 Å². The Morgan fingerprint density at radius 1 is 0.386 bits per heavy atom. The molecular weight excluding hydrogens is 691 g/mol. The summed E-state index contributed by atoms with van der Waals surface area (Å²) in [6.45, 7) is 9.33. The van der Waals surface area contributed by atoms with Crippen LogP contribution in [0.4, 0.5) is 34.1 Å². The van der Waals surface area contributed by atoms with E-state index in [1.807, 2.05) is 6.07 Å². The summed E-state index contributed by atoms with van der Waals surface area (Å²) in [5.74, 6) is 0. The van der Waals surface area contributed by atoms with Crippen LogP contribution in [0.2, 0.25) is 0 Å². The second-order valence-electron chi connectivity index (χ2n) is 16.6. The first kappa shape index (κ1) is 34.6. The van der Waals surface area contributed by atoms with E-state index in [0.29, 0.717) is 0 Å². The normalized spacial score (nSPS) is 14.0. The van der Waals surface area contributed by atoms with Crippen molar-refractivity contribution in [3.8, 4) is 44.5 Å². The number of benzene rings is 8. The maximum Gasteiger partial charge on any atom is 0.0467 e. The van der Waals surface area contributed by atoms with Gasteiger partial charge in [-0.1, -0.05) is 143 Å². The monoisotopic (exact) mass is 735 g/mol. The fourth-order valence-corrected chi connectivity index (χ4v) is 9.37. The van der Waals surface area contributed by atoms with E-state index in [4.69, 9.17) is 5.73 Å². The summed E-state index contributed by atoms with van der Waals surface area (Å²) in [7, 11) is 0. The molecule has 0 radical (unpaired) electrons. The van der Waals surface area contributed by atoms with Crippen LogP contribution in [-0.2, 0) is 10.8 Å². The lowest BCUT2D eigenvalue weighted by Gasteiger charge is -2.28. The van der Waals surface area contributed by atoms with Gasteiger partial charge in [0.05, 0.1) is 0 Å². The number of nitrogens with one attached hydrogen (secondary N) is 1. The standard InChI is InChI=1S/C54H45N3/c1-53(2)48-19-10-8-17-43(48)45-28-24-39(33-50(45)53)56-52-30-23-38(55)32-47(52)36-21-25-40(26-22-36)57(41-16-12-15-37(31-41)35-13-6-5-7-14-35)42-27-29-46-44-18-9-11-20-49(44)54(3,4)51(46)34-42/h5-34,56H,55H2,1-4H3. The van der Waals surface area contributed by atoms with Gasteiger partial charge in [-0.05, 0) is 128 Å². The molecule has 0 bridgehead atoms. The van der Waals surface area contributed by atoms with E-state index in [9.17, 15) is 0 Å². The van der Waals surface area contributed by atoms with Crippen LogP contribution >= 0.6 is 0 Å². The van der Waals surface area contributed by atoms with Crippen LogP contribution in [0, 0.1) is 0 Å². The van der Waals surface area contributed by atoms with Gasteiger partial charge in [0, 0.05) is 50.5 Å². The van der Waals surface area contributed by atoms with E-state index >= 15 is 0 Å². The van der Waals surface area contributed by atoms with Crippen LogP contribution < -0.4 is 16.0 Å². The molecule has 0 saturated heterocycles. The number of fused-ring (bicyclic) bond motifs is 6. The molecule has 0 aromatic heterocycles. The topological polar surface area (TPSA) is 41.3 Å². The fourth-order valence-electron chi connectivity index (χ4n) is 9.37. The lowest BCUT2D eigenvalue weighted by atomic mass is 9.82. The first-order valence-corrected chi connectivity index (χ1v) is 19.9. The summed E-state index contributed by atoms with van der Waals surface area (Å²) in [5, 5.41) is 3.78. The number of nitrogens with two attached hydrogens (primary N) is 1. The van der Waals surface area contributed by atoms with E-state index in [1.54, 1.807) is 0 Å². The molecule has 2 aliphatic rings. The Hall–Kier alpha value is -6.84. The van der Waals surface area contributed by atoms with E-state index in [2.05, 4.69) is 214 Å². The fraction of sp³-hybridized carbons (Fsp3) is 0.111. The van der Waals surface area contributed by atoms with Crippen molar-refractivity contribution in [2.24, 2.45) is 0 Å². The molecule has 8 aromatic rings. The number of nitrogen functional groups attached to an aromatic ring is 1. The lowest BCUT2D eigenvalue weighted by molar-refractivity contribution is 0.660. The minimum Gasteiger partial charge on any atom is -0.399 e. The van der Waals surface area contributed by atoms with Crippen LogP contribution in [0.1, 0.15) is 49.9 Å². The molecule has 57 heavy (non-hydrogen) atoms. The maximum absolute atomic E-state index is 6.47. The molecule has 2 aliphatic carbocycles. The number of hydrogen-bond acceptors (Lipinski definition) is 3. The Bertz CT molecular complexity index is 2830. The summed E-state index contributed by atoms with van der Waals surface area (Å²) >= 11 is 0. The van der Waals surface area contributed by atoms with Crippen LogP contribution in [0.3, 0.4) is 0 Å². The minimum atomic E-state index is -0.113. The molecule has 8 aromatic carbocycles. The zero-order chi connectivity index (χ0) is 38.9. The maximum atomic E-state index is 6.47. The summed E-state index contributed by atoms with van der Waals surface area (Å²) in [4.78, 5) is 2.39. The molecule has 276 valence electrons. The average Bonchev–Trinajstić information content (AvgIpc) is 3.61. The van der Waals surface area contributed by atoms with Gasteiger partial charge in [0.1, 0.15) is 0 Å². The van der Waals surface area contributed by atoms with Crippen LogP contribution in [0.5, 0.6) is 0 Å². The summed E-state index contributed by atoms with van der Waals surface area (Å²) in [6, 6.07) is 65.9. The highest BCUT2D eigenvalue weighted by Crippen LogP contribution is 2.52. The Labute approximate surface area is 336 Å². The molecule has 0 amide bonds. The summed E-state index contributed by atoms with van der Waals surface area (Å²) in [6.07, 6.45) is 0.